The number of hydrogen-bond donors (Lipinski definition) is 4. The van der Waals surface area contributed by atoms with Crippen LogP contribution in [0.15, 0.2) is 64.4 Å². The predicted molar refractivity (Wildman–Crippen MR) is 116 cm³/mol. The van der Waals surface area contributed by atoms with Crippen LogP contribution < -0.4 is 16.4 Å². The highest BCUT2D eigenvalue weighted by atomic mass is 19.1. The van der Waals surface area contributed by atoms with Crippen molar-refractivity contribution in [3.05, 3.63) is 88.8 Å². The number of benzene rings is 2. The van der Waals surface area contributed by atoms with Crippen LogP contribution in [0.25, 0.3) is 10.9 Å². The molecule has 0 saturated heterocycles. The molecule has 0 fully saturated rings. The highest BCUT2D eigenvalue weighted by Crippen LogP contribution is 2.34. The number of carbonyl (C=O) groups is 1. The van der Waals surface area contributed by atoms with Crippen molar-refractivity contribution in [1.29, 1.82) is 0 Å². The quantitative estimate of drug-likeness (QED) is 0.403. The van der Waals surface area contributed by atoms with Gasteiger partial charge in [-0.15, -0.1) is 0 Å². The Hall–Kier alpha value is -4.07. The van der Waals surface area contributed by atoms with Crippen molar-refractivity contribution < 1.29 is 13.6 Å². The number of aromatic amines is 1. The highest BCUT2D eigenvalue weighted by Gasteiger charge is 2.28. The number of para-hydroxylation sites is 1. The molecule has 8 heteroatoms. The van der Waals surface area contributed by atoms with Gasteiger partial charge in [-0.1, -0.05) is 24.3 Å². The van der Waals surface area contributed by atoms with Crippen molar-refractivity contribution in [2.75, 3.05) is 5.32 Å². The first kappa shape index (κ1) is 18.9. The monoisotopic (exact) mass is 417 g/mol. The minimum Gasteiger partial charge on any atom is -0.470 e. The number of amidine groups is 1. The first-order valence-corrected chi connectivity index (χ1v) is 9.81. The van der Waals surface area contributed by atoms with E-state index in [1.807, 2.05) is 25.1 Å². The molecule has 5 rings (SSSR count). The van der Waals surface area contributed by atoms with Crippen molar-refractivity contribution in [1.82, 2.24) is 10.3 Å². The number of aliphatic imine (C=N–C) groups is 1. The van der Waals surface area contributed by atoms with Gasteiger partial charge in [0.25, 0.3) is 5.91 Å². The van der Waals surface area contributed by atoms with Crippen LogP contribution in [0, 0.1) is 12.7 Å². The fraction of sp³-hybridized carbons (Fsp3) is 0.130. The van der Waals surface area contributed by atoms with Gasteiger partial charge in [-0.05, 0) is 30.7 Å². The molecule has 0 aliphatic carbocycles. The maximum Gasteiger partial charge on any atom is 0.250 e. The predicted octanol–water partition coefficient (Wildman–Crippen LogP) is 3.97. The molecule has 2 aromatic heterocycles. The number of nitrogens with one attached hydrogen (secondary N) is 3. The maximum absolute atomic E-state index is 13.5. The molecule has 0 saturated carbocycles. The van der Waals surface area contributed by atoms with E-state index in [9.17, 15) is 9.18 Å². The van der Waals surface area contributed by atoms with Crippen molar-refractivity contribution >= 4 is 28.3 Å². The number of rotatable bonds is 4. The first-order valence-electron chi connectivity index (χ1n) is 9.81. The second-order valence-electron chi connectivity index (χ2n) is 7.47. The van der Waals surface area contributed by atoms with Crippen LogP contribution in [0.1, 0.15) is 38.9 Å². The number of amides is 1. The number of primary amides is 1. The van der Waals surface area contributed by atoms with E-state index in [0.717, 1.165) is 33.5 Å². The third kappa shape index (κ3) is 3.31. The SMILES string of the molecule is Cc1[nH]c2c(C(N)=O)cccc2c1C1NC(=NCc2cccc(F)c2)c2cocc2N1. The third-order valence-electron chi connectivity index (χ3n) is 5.43. The van der Waals surface area contributed by atoms with Crippen LogP contribution >= 0.6 is 0 Å². The van der Waals surface area contributed by atoms with Gasteiger partial charge in [-0.25, -0.2) is 4.39 Å². The minimum atomic E-state index is -0.488. The van der Waals surface area contributed by atoms with E-state index in [1.54, 1.807) is 24.7 Å². The molecule has 2 aromatic carbocycles. The lowest BCUT2D eigenvalue weighted by Gasteiger charge is -2.28. The standard InChI is InChI=1S/C23H20FN5O2/c1-12-19(15-6-3-7-16(21(25)30)20(15)27-12)23-28-18-11-31-10-17(18)22(29-23)26-9-13-4-2-5-14(24)8-13/h2-8,10-11,23,27-28H,9H2,1H3,(H2,25,30)(H,26,29). The van der Waals surface area contributed by atoms with Gasteiger partial charge in [0.05, 0.1) is 28.9 Å². The van der Waals surface area contributed by atoms with Crippen LogP contribution in [0.3, 0.4) is 0 Å². The fourth-order valence-electron chi connectivity index (χ4n) is 4.02. The summed E-state index contributed by atoms with van der Waals surface area (Å²) in [4.78, 5) is 19.8. The Morgan fingerprint density at radius 3 is 2.84 bits per heavy atom. The Labute approximate surface area is 177 Å². The summed E-state index contributed by atoms with van der Waals surface area (Å²) in [7, 11) is 0. The molecule has 3 heterocycles. The van der Waals surface area contributed by atoms with Gasteiger partial charge in [0, 0.05) is 16.6 Å². The van der Waals surface area contributed by atoms with Crippen molar-refractivity contribution in [3.8, 4) is 0 Å². The smallest absolute Gasteiger partial charge is 0.250 e. The number of aryl methyl sites for hydroxylation is 1. The van der Waals surface area contributed by atoms with Crippen molar-refractivity contribution in [2.45, 2.75) is 19.6 Å². The van der Waals surface area contributed by atoms with E-state index in [4.69, 9.17) is 10.2 Å². The van der Waals surface area contributed by atoms with Gasteiger partial charge in [-0.2, -0.15) is 0 Å². The summed E-state index contributed by atoms with van der Waals surface area (Å²) in [5, 5.41) is 7.71. The summed E-state index contributed by atoms with van der Waals surface area (Å²) in [6.07, 6.45) is 2.91. The summed E-state index contributed by atoms with van der Waals surface area (Å²) in [5.41, 5.74) is 10.9. The molecule has 0 spiro atoms. The molecular formula is C23H20FN5O2. The van der Waals surface area contributed by atoms with Gasteiger partial charge in [0.1, 0.15) is 30.3 Å². The number of nitrogens with zero attached hydrogens (tertiary/aromatic N) is 1. The van der Waals surface area contributed by atoms with Gasteiger partial charge in [-0.3, -0.25) is 9.79 Å². The van der Waals surface area contributed by atoms with Crippen molar-refractivity contribution in [2.24, 2.45) is 10.7 Å². The lowest BCUT2D eigenvalue weighted by atomic mass is 10.0. The summed E-state index contributed by atoms with van der Waals surface area (Å²) in [5.74, 6) is -0.147. The molecule has 0 radical (unpaired) electrons. The van der Waals surface area contributed by atoms with E-state index >= 15 is 0 Å². The zero-order valence-electron chi connectivity index (χ0n) is 16.7. The molecule has 1 aliphatic heterocycles. The number of hydrogen-bond acceptors (Lipinski definition) is 4. The summed E-state index contributed by atoms with van der Waals surface area (Å²) < 4.78 is 18.9. The number of halogens is 1. The normalized spacial score (nSPS) is 16.7. The van der Waals surface area contributed by atoms with E-state index in [0.29, 0.717) is 23.5 Å². The summed E-state index contributed by atoms with van der Waals surface area (Å²) >= 11 is 0. The molecule has 4 aromatic rings. The average Bonchev–Trinajstić information content (AvgIpc) is 3.35. The summed E-state index contributed by atoms with van der Waals surface area (Å²) in [6, 6.07) is 11.8. The van der Waals surface area contributed by atoms with Crippen LogP contribution in [-0.2, 0) is 6.54 Å². The Balaban J connectivity index is 1.55. The maximum atomic E-state index is 13.5. The molecule has 7 nitrogen and oxygen atoms in total. The molecular weight excluding hydrogens is 397 g/mol. The molecule has 1 unspecified atom stereocenters. The van der Waals surface area contributed by atoms with Gasteiger partial charge in [0.15, 0.2) is 0 Å². The fourth-order valence-corrected chi connectivity index (χ4v) is 4.02. The van der Waals surface area contributed by atoms with E-state index < -0.39 is 5.91 Å². The highest BCUT2D eigenvalue weighted by molar-refractivity contribution is 6.08. The van der Waals surface area contributed by atoms with Gasteiger partial charge >= 0.3 is 0 Å². The second-order valence-corrected chi connectivity index (χ2v) is 7.47. The van der Waals surface area contributed by atoms with Gasteiger partial charge < -0.3 is 25.8 Å². The van der Waals surface area contributed by atoms with E-state index in [-0.39, 0.29) is 12.0 Å². The number of H-pyrrole nitrogens is 1. The lowest BCUT2D eigenvalue weighted by molar-refractivity contribution is 0.100. The Kier molecular flexibility index (Phi) is 4.47. The van der Waals surface area contributed by atoms with Crippen LogP contribution in [0.2, 0.25) is 0 Å². The Morgan fingerprint density at radius 2 is 2.03 bits per heavy atom. The number of nitrogens with two attached hydrogens (primary N) is 1. The zero-order valence-corrected chi connectivity index (χ0v) is 16.7. The lowest BCUT2D eigenvalue weighted by Crippen LogP contribution is -2.38. The van der Waals surface area contributed by atoms with Crippen molar-refractivity contribution in [3.63, 3.8) is 0 Å². The number of carbonyl (C=O) groups excluding carboxylic acids is 1. The number of anilines is 1. The summed E-state index contributed by atoms with van der Waals surface area (Å²) in [6.45, 7) is 2.26. The number of fused-ring (bicyclic) bond motifs is 2. The molecule has 31 heavy (non-hydrogen) atoms. The number of aromatic nitrogens is 1. The second kappa shape index (κ2) is 7.32. The first-order chi connectivity index (χ1) is 15.0. The molecule has 1 amide bonds. The minimum absolute atomic E-state index is 0.294. The Bertz CT molecular complexity index is 1340. The molecule has 156 valence electrons. The molecule has 5 N–H and O–H groups in total. The molecule has 1 aliphatic rings. The average molecular weight is 417 g/mol. The topological polar surface area (TPSA) is 108 Å². The zero-order chi connectivity index (χ0) is 21.5. The largest absolute Gasteiger partial charge is 0.470 e. The van der Waals surface area contributed by atoms with Gasteiger partial charge in [0.2, 0.25) is 0 Å². The van der Waals surface area contributed by atoms with Crippen LogP contribution in [-0.4, -0.2) is 16.7 Å². The third-order valence-corrected chi connectivity index (χ3v) is 5.43. The number of furan rings is 1. The Morgan fingerprint density at radius 1 is 1.19 bits per heavy atom. The van der Waals surface area contributed by atoms with E-state index in [1.165, 1.54) is 12.1 Å². The molecule has 1 atom stereocenters. The van der Waals surface area contributed by atoms with Crippen LogP contribution in [0.4, 0.5) is 10.1 Å². The molecule has 0 bridgehead atoms. The van der Waals surface area contributed by atoms with E-state index in [2.05, 4.69) is 20.6 Å². The van der Waals surface area contributed by atoms with Crippen LogP contribution in [0.5, 0.6) is 0 Å².